The van der Waals surface area contributed by atoms with Crippen molar-refractivity contribution < 1.29 is 19.1 Å². The van der Waals surface area contributed by atoms with Gasteiger partial charge in [-0.2, -0.15) is 0 Å². The predicted octanol–water partition coefficient (Wildman–Crippen LogP) is 1.12. The summed E-state index contributed by atoms with van der Waals surface area (Å²) >= 11 is 0. The molecule has 1 unspecified atom stereocenters. The van der Waals surface area contributed by atoms with Crippen LogP contribution in [-0.2, 0) is 19.1 Å². The number of nitrogens with one attached hydrogen (secondary N) is 1. The fourth-order valence-electron chi connectivity index (χ4n) is 1.49. The summed E-state index contributed by atoms with van der Waals surface area (Å²) in [7, 11) is 2.75. The number of hydrogen-bond acceptors (Lipinski definition) is 5. The van der Waals surface area contributed by atoms with E-state index in [1.165, 1.54) is 14.2 Å². The van der Waals surface area contributed by atoms with Gasteiger partial charge in [0.1, 0.15) is 6.04 Å². The van der Waals surface area contributed by atoms with E-state index in [0.29, 0.717) is 25.3 Å². The third-order valence-corrected chi connectivity index (χ3v) is 2.37. The Labute approximate surface area is 103 Å². The summed E-state index contributed by atoms with van der Waals surface area (Å²) in [5, 5.41) is 3.10. The number of hydrogen-bond donors (Lipinski definition) is 1. The lowest BCUT2D eigenvalue weighted by molar-refractivity contribution is -0.143. The average molecular weight is 245 g/mol. The van der Waals surface area contributed by atoms with Crippen LogP contribution in [0, 0.1) is 5.92 Å². The fourth-order valence-corrected chi connectivity index (χ4v) is 1.49. The van der Waals surface area contributed by atoms with Gasteiger partial charge in [0.05, 0.1) is 14.2 Å². The number of rotatable bonds is 8. The molecule has 0 bridgehead atoms. The lowest BCUT2D eigenvalue weighted by atomic mass is 10.0. The second-order valence-electron chi connectivity index (χ2n) is 4.34. The maximum atomic E-state index is 11.5. The van der Waals surface area contributed by atoms with Crippen LogP contribution >= 0.6 is 0 Å². The Kier molecular flexibility index (Phi) is 8.40. The van der Waals surface area contributed by atoms with E-state index in [0.717, 1.165) is 6.42 Å². The molecular weight excluding hydrogens is 222 g/mol. The summed E-state index contributed by atoms with van der Waals surface area (Å²) < 4.78 is 9.25. The van der Waals surface area contributed by atoms with Crippen LogP contribution in [0.1, 0.15) is 33.1 Å². The highest BCUT2D eigenvalue weighted by atomic mass is 16.5. The molecule has 0 amide bonds. The Morgan fingerprint density at radius 3 is 2.29 bits per heavy atom. The molecule has 0 saturated heterocycles. The van der Waals surface area contributed by atoms with Crippen molar-refractivity contribution in [2.45, 2.75) is 39.2 Å². The fraction of sp³-hybridized carbons (Fsp3) is 0.833. The number of esters is 2. The van der Waals surface area contributed by atoms with Crippen molar-refractivity contribution in [2.75, 3.05) is 20.8 Å². The molecule has 100 valence electrons. The maximum absolute atomic E-state index is 11.5. The molecule has 5 nitrogen and oxygen atoms in total. The molecular formula is C12H23NO4. The quantitative estimate of drug-likeness (QED) is 0.513. The van der Waals surface area contributed by atoms with Gasteiger partial charge in [-0.15, -0.1) is 0 Å². The van der Waals surface area contributed by atoms with Crippen LogP contribution in [0.2, 0.25) is 0 Å². The molecule has 0 heterocycles. The Balaban J connectivity index is 3.91. The first-order chi connectivity index (χ1) is 8.01. The molecule has 0 radical (unpaired) electrons. The van der Waals surface area contributed by atoms with Crippen molar-refractivity contribution in [3.63, 3.8) is 0 Å². The van der Waals surface area contributed by atoms with Crippen LogP contribution in [0.5, 0.6) is 0 Å². The van der Waals surface area contributed by atoms with Gasteiger partial charge in [0.2, 0.25) is 0 Å². The minimum absolute atomic E-state index is 0.231. The van der Waals surface area contributed by atoms with Gasteiger partial charge in [0.15, 0.2) is 0 Å². The molecule has 1 atom stereocenters. The van der Waals surface area contributed by atoms with Crippen LogP contribution in [-0.4, -0.2) is 38.7 Å². The Morgan fingerprint density at radius 2 is 1.82 bits per heavy atom. The van der Waals surface area contributed by atoms with E-state index in [2.05, 4.69) is 10.1 Å². The molecule has 0 rings (SSSR count). The highest BCUT2D eigenvalue weighted by Gasteiger charge is 2.19. The molecule has 17 heavy (non-hydrogen) atoms. The molecule has 5 heteroatoms. The van der Waals surface area contributed by atoms with E-state index in [1.807, 2.05) is 13.8 Å². The summed E-state index contributed by atoms with van der Waals surface area (Å²) in [6.07, 6.45) is 1.74. The van der Waals surface area contributed by atoms with E-state index >= 15 is 0 Å². The molecule has 0 spiro atoms. The minimum atomic E-state index is -0.294. The first kappa shape index (κ1) is 15.9. The molecule has 0 aromatic carbocycles. The molecule has 0 fully saturated rings. The predicted molar refractivity (Wildman–Crippen MR) is 64.5 cm³/mol. The summed E-state index contributed by atoms with van der Waals surface area (Å²) in [6, 6.07) is -0.294. The van der Waals surface area contributed by atoms with Gasteiger partial charge >= 0.3 is 11.9 Å². The third-order valence-electron chi connectivity index (χ3n) is 2.37. The van der Waals surface area contributed by atoms with Gasteiger partial charge < -0.3 is 14.8 Å². The lowest BCUT2D eigenvalue weighted by Crippen LogP contribution is -2.39. The van der Waals surface area contributed by atoms with Crippen molar-refractivity contribution >= 4 is 11.9 Å². The van der Waals surface area contributed by atoms with Crippen LogP contribution in [0.3, 0.4) is 0 Å². The highest BCUT2D eigenvalue weighted by molar-refractivity contribution is 5.75. The van der Waals surface area contributed by atoms with Gasteiger partial charge in [-0.05, 0) is 25.3 Å². The normalized spacial score (nSPS) is 12.3. The monoisotopic (exact) mass is 245 g/mol. The largest absolute Gasteiger partial charge is 0.469 e. The van der Waals surface area contributed by atoms with Gasteiger partial charge in [0, 0.05) is 6.42 Å². The number of ether oxygens (including phenoxy) is 2. The van der Waals surface area contributed by atoms with Crippen LogP contribution in [0.4, 0.5) is 0 Å². The van der Waals surface area contributed by atoms with E-state index < -0.39 is 0 Å². The first-order valence-corrected chi connectivity index (χ1v) is 5.89. The van der Waals surface area contributed by atoms with Crippen LogP contribution < -0.4 is 5.32 Å². The summed E-state index contributed by atoms with van der Waals surface area (Å²) in [6.45, 7) is 4.69. The van der Waals surface area contributed by atoms with Gasteiger partial charge in [-0.1, -0.05) is 13.8 Å². The van der Waals surface area contributed by atoms with Gasteiger partial charge in [0.25, 0.3) is 0 Å². The molecule has 0 aromatic rings. The van der Waals surface area contributed by atoms with E-state index in [4.69, 9.17) is 4.74 Å². The van der Waals surface area contributed by atoms with Crippen molar-refractivity contribution in [3.05, 3.63) is 0 Å². The standard InChI is InChI=1S/C12H23NO4/c1-9(2)8-10(12(15)17-4)13-7-5-6-11(14)16-3/h9-10,13H,5-8H2,1-4H3. The maximum Gasteiger partial charge on any atom is 0.322 e. The van der Waals surface area contributed by atoms with Gasteiger partial charge in [-0.3, -0.25) is 9.59 Å². The van der Waals surface area contributed by atoms with Crippen molar-refractivity contribution in [2.24, 2.45) is 5.92 Å². The summed E-state index contributed by atoms with van der Waals surface area (Å²) in [4.78, 5) is 22.3. The number of methoxy groups -OCH3 is 2. The zero-order valence-electron chi connectivity index (χ0n) is 11.1. The molecule has 1 N–H and O–H groups in total. The lowest BCUT2D eigenvalue weighted by Gasteiger charge is -2.18. The molecule has 0 aliphatic rings. The van der Waals surface area contributed by atoms with Crippen molar-refractivity contribution in [1.29, 1.82) is 0 Å². The number of carbonyl (C=O) groups is 2. The minimum Gasteiger partial charge on any atom is -0.469 e. The second kappa shape index (κ2) is 8.98. The molecule has 0 aliphatic carbocycles. The van der Waals surface area contributed by atoms with Gasteiger partial charge in [-0.25, -0.2) is 0 Å². The molecule has 0 aromatic heterocycles. The first-order valence-electron chi connectivity index (χ1n) is 5.89. The zero-order valence-corrected chi connectivity index (χ0v) is 11.1. The molecule has 0 saturated carbocycles. The van der Waals surface area contributed by atoms with E-state index in [-0.39, 0.29) is 18.0 Å². The second-order valence-corrected chi connectivity index (χ2v) is 4.34. The highest BCUT2D eigenvalue weighted by Crippen LogP contribution is 2.06. The zero-order chi connectivity index (χ0) is 13.3. The van der Waals surface area contributed by atoms with Crippen LogP contribution in [0.15, 0.2) is 0 Å². The van der Waals surface area contributed by atoms with E-state index in [9.17, 15) is 9.59 Å². The van der Waals surface area contributed by atoms with Crippen LogP contribution in [0.25, 0.3) is 0 Å². The third kappa shape index (κ3) is 7.74. The van der Waals surface area contributed by atoms with Crippen molar-refractivity contribution in [1.82, 2.24) is 5.32 Å². The van der Waals surface area contributed by atoms with E-state index in [1.54, 1.807) is 0 Å². The van der Waals surface area contributed by atoms with Crippen molar-refractivity contribution in [3.8, 4) is 0 Å². The smallest absolute Gasteiger partial charge is 0.322 e. The summed E-state index contributed by atoms with van der Waals surface area (Å²) in [5.41, 5.74) is 0. The Morgan fingerprint density at radius 1 is 1.18 bits per heavy atom. The molecule has 0 aliphatic heterocycles. The number of carbonyl (C=O) groups excluding carboxylic acids is 2. The topological polar surface area (TPSA) is 64.6 Å². The SMILES string of the molecule is COC(=O)CCCNC(CC(C)C)C(=O)OC. The Hall–Kier alpha value is -1.10. The Bertz CT molecular complexity index is 241. The summed E-state index contributed by atoms with van der Waals surface area (Å²) in [5.74, 6) is -0.0748. The average Bonchev–Trinajstić information content (AvgIpc) is 2.31.